The number of aromatic amines is 1. The Hall–Kier alpha value is -2.30. The number of nitrogens with one attached hydrogen (secondary N) is 1. The van der Waals surface area contributed by atoms with Crippen molar-refractivity contribution in [2.24, 2.45) is 0 Å². The molecule has 0 bridgehead atoms. The Bertz CT molecular complexity index is 618. The molecular formula is C14H17N3O2. The molecular weight excluding hydrogens is 242 g/mol. The first-order valence-corrected chi connectivity index (χ1v) is 6.11. The zero-order valence-corrected chi connectivity index (χ0v) is 11.1. The number of nitrogens with two attached hydrogens (primary N) is 1. The molecule has 0 saturated carbocycles. The van der Waals surface area contributed by atoms with Gasteiger partial charge >= 0.3 is 0 Å². The summed E-state index contributed by atoms with van der Waals surface area (Å²) in [6.07, 6.45) is 0.502. The lowest BCUT2D eigenvalue weighted by atomic mass is 10.2. The van der Waals surface area contributed by atoms with Gasteiger partial charge in [0.05, 0.1) is 12.3 Å². The number of hydrogen-bond acceptors (Lipinski definition) is 4. The molecule has 1 heterocycles. The fourth-order valence-electron chi connectivity index (χ4n) is 1.83. The summed E-state index contributed by atoms with van der Waals surface area (Å²) >= 11 is 0. The van der Waals surface area contributed by atoms with E-state index in [1.165, 1.54) is 5.56 Å². The minimum Gasteiger partial charge on any atom is -0.493 e. The highest BCUT2D eigenvalue weighted by molar-refractivity contribution is 5.27. The number of hydrogen-bond donors (Lipinski definition) is 2. The first kappa shape index (κ1) is 13.1. The third kappa shape index (κ3) is 3.34. The molecule has 3 N–H and O–H groups in total. The minimum atomic E-state index is -0.197. The quantitative estimate of drug-likeness (QED) is 0.873. The maximum Gasteiger partial charge on any atom is 0.255 e. The molecule has 1 aromatic heterocycles. The molecule has 100 valence electrons. The van der Waals surface area contributed by atoms with Crippen molar-refractivity contribution in [1.29, 1.82) is 0 Å². The van der Waals surface area contributed by atoms with Crippen LogP contribution < -0.4 is 16.0 Å². The summed E-state index contributed by atoms with van der Waals surface area (Å²) in [5.41, 5.74) is 7.71. The van der Waals surface area contributed by atoms with Crippen LogP contribution in [0.25, 0.3) is 0 Å². The lowest BCUT2D eigenvalue weighted by Gasteiger charge is -2.07. The molecule has 5 nitrogen and oxygen atoms in total. The third-order valence-corrected chi connectivity index (χ3v) is 2.88. The number of rotatable bonds is 4. The van der Waals surface area contributed by atoms with Gasteiger partial charge in [0.1, 0.15) is 5.75 Å². The summed E-state index contributed by atoms with van der Waals surface area (Å²) in [4.78, 5) is 18.2. The SMILES string of the molecule is Cc1ccc(OCCc2c(C)nc(N)[nH]c2=O)cc1. The van der Waals surface area contributed by atoms with Crippen molar-refractivity contribution in [2.75, 3.05) is 12.3 Å². The largest absolute Gasteiger partial charge is 0.493 e. The van der Waals surface area contributed by atoms with E-state index < -0.39 is 0 Å². The van der Waals surface area contributed by atoms with E-state index in [4.69, 9.17) is 10.5 Å². The number of nitrogen functional groups attached to an aromatic ring is 1. The predicted octanol–water partition coefficient (Wildman–Crippen LogP) is 1.59. The zero-order valence-electron chi connectivity index (χ0n) is 11.1. The number of anilines is 1. The Labute approximate surface area is 111 Å². The maximum absolute atomic E-state index is 11.7. The van der Waals surface area contributed by atoms with Gasteiger partial charge in [0.25, 0.3) is 5.56 Å². The van der Waals surface area contributed by atoms with Crippen LogP contribution in [0.2, 0.25) is 0 Å². The van der Waals surface area contributed by atoms with Crippen molar-refractivity contribution in [2.45, 2.75) is 20.3 Å². The molecule has 5 heteroatoms. The molecule has 2 aromatic rings. The second-order valence-corrected chi connectivity index (χ2v) is 4.43. The Morgan fingerprint density at radius 2 is 1.95 bits per heavy atom. The lowest BCUT2D eigenvalue weighted by molar-refractivity contribution is 0.321. The highest BCUT2D eigenvalue weighted by Crippen LogP contribution is 2.12. The van der Waals surface area contributed by atoms with Crippen molar-refractivity contribution >= 4 is 5.95 Å². The van der Waals surface area contributed by atoms with Crippen LogP contribution in [-0.2, 0) is 6.42 Å². The summed E-state index contributed by atoms with van der Waals surface area (Å²) in [7, 11) is 0. The van der Waals surface area contributed by atoms with Gasteiger partial charge in [-0.05, 0) is 26.0 Å². The van der Waals surface area contributed by atoms with Crippen LogP contribution in [0, 0.1) is 13.8 Å². The van der Waals surface area contributed by atoms with E-state index in [1.807, 2.05) is 31.2 Å². The van der Waals surface area contributed by atoms with E-state index >= 15 is 0 Å². The Morgan fingerprint density at radius 1 is 1.26 bits per heavy atom. The topological polar surface area (TPSA) is 81.0 Å². The van der Waals surface area contributed by atoms with Crippen molar-refractivity contribution in [1.82, 2.24) is 9.97 Å². The molecule has 0 saturated heterocycles. The average Bonchev–Trinajstić information content (AvgIpc) is 2.34. The minimum absolute atomic E-state index is 0.144. The Morgan fingerprint density at radius 3 is 2.58 bits per heavy atom. The molecule has 0 aliphatic rings. The van der Waals surface area contributed by atoms with Crippen molar-refractivity contribution < 1.29 is 4.74 Å². The number of ether oxygens (including phenoxy) is 1. The van der Waals surface area contributed by atoms with Crippen molar-refractivity contribution in [3.8, 4) is 5.75 Å². The molecule has 0 spiro atoms. The number of H-pyrrole nitrogens is 1. The standard InChI is InChI=1S/C14H17N3O2/c1-9-3-5-11(6-4-9)19-8-7-12-10(2)16-14(15)17-13(12)18/h3-6H,7-8H2,1-2H3,(H3,15,16,17,18). The second kappa shape index (κ2) is 5.56. The first-order valence-electron chi connectivity index (χ1n) is 6.11. The van der Waals surface area contributed by atoms with Gasteiger partial charge in [0.15, 0.2) is 0 Å². The van der Waals surface area contributed by atoms with E-state index in [-0.39, 0.29) is 11.5 Å². The molecule has 0 aliphatic heterocycles. The van der Waals surface area contributed by atoms with E-state index in [0.717, 1.165) is 5.75 Å². The van der Waals surface area contributed by atoms with Gasteiger partial charge in [-0.25, -0.2) is 4.98 Å². The van der Waals surface area contributed by atoms with Crippen molar-refractivity contribution in [3.05, 3.63) is 51.4 Å². The average molecular weight is 259 g/mol. The highest BCUT2D eigenvalue weighted by Gasteiger charge is 2.07. The first-order chi connectivity index (χ1) is 9.06. The Kier molecular flexibility index (Phi) is 3.85. The number of nitrogens with zero attached hydrogens (tertiary/aromatic N) is 1. The lowest BCUT2D eigenvalue weighted by Crippen LogP contribution is -2.20. The van der Waals surface area contributed by atoms with Crippen LogP contribution >= 0.6 is 0 Å². The molecule has 1 aromatic carbocycles. The van der Waals surface area contributed by atoms with Crippen LogP contribution in [0.1, 0.15) is 16.8 Å². The van der Waals surface area contributed by atoms with E-state index in [1.54, 1.807) is 6.92 Å². The normalized spacial score (nSPS) is 10.4. The van der Waals surface area contributed by atoms with Crippen LogP contribution in [-0.4, -0.2) is 16.6 Å². The van der Waals surface area contributed by atoms with Gasteiger partial charge in [0.2, 0.25) is 5.95 Å². The van der Waals surface area contributed by atoms with Crippen LogP contribution in [0.4, 0.5) is 5.95 Å². The summed E-state index contributed by atoms with van der Waals surface area (Å²) in [6, 6.07) is 7.79. The fourth-order valence-corrected chi connectivity index (χ4v) is 1.83. The van der Waals surface area contributed by atoms with Crippen LogP contribution in [0.5, 0.6) is 5.75 Å². The monoisotopic (exact) mass is 259 g/mol. The van der Waals surface area contributed by atoms with Gasteiger partial charge in [-0.15, -0.1) is 0 Å². The summed E-state index contributed by atoms with van der Waals surface area (Å²) in [6.45, 7) is 4.22. The van der Waals surface area contributed by atoms with Gasteiger partial charge < -0.3 is 10.5 Å². The van der Waals surface area contributed by atoms with Gasteiger partial charge in [-0.3, -0.25) is 9.78 Å². The molecule has 0 fully saturated rings. The van der Waals surface area contributed by atoms with Gasteiger partial charge in [-0.2, -0.15) is 0 Å². The molecule has 0 atom stereocenters. The molecule has 0 aliphatic carbocycles. The summed E-state index contributed by atoms with van der Waals surface area (Å²) in [5, 5.41) is 0. The number of aryl methyl sites for hydroxylation is 2. The van der Waals surface area contributed by atoms with Gasteiger partial charge in [0, 0.05) is 12.0 Å². The van der Waals surface area contributed by atoms with E-state index in [2.05, 4.69) is 9.97 Å². The van der Waals surface area contributed by atoms with Crippen LogP contribution in [0.3, 0.4) is 0 Å². The van der Waals surface area contributed by atoms with Gasteiger partial charge in [-0.1, -0.05) is 17.7 Å². The predicted molar refractivity (Wildman–Crippen MR) is 74.4 cm³/mol. The zero-order chi connectivity index (χ0) is 13.8. The smallest absolute Gasteiger partial charge is 0.255 e. The van der Waals surface area contributed by atoms with E-state index in [9.17, 15) is 4.79 Å². The molecule has 19 heavy (non-hydrogen) atoms. The highest BCUT2D eigenvalue weighted by atomic mass is 16.5. The van der Waals surface area contributed by atoms with Crippen LogP contribution in [0.15, 0.2) is 29.1 Å². The Balaban J connectivity index is 2.00. The second-order valence-electron chi connectivity index (χ2n) is 4.43. The molecule has 0 radical (unpaired) electrons. The third-order valence-electron chi connectivity index (χ3n) is 2.88. The summed E-state index contributed by atoms with van der Waals surface area (Å²) in [5.74, 6) is 0.939. The van der Waals surface area contributed by atoms with Crippen molar-refractivity contribution in [3.63, 3.8) is 0 Å². The molecule has 0 unspecified atom stereocenters. The number of benzene rings is 1. The number of aromatic nitrogens is 2. The maximum atomic E-state index is 11.7. The summed E-state index contributed by atoms with van der Waals surface area (Å²) < 4.78 is 5.59. The molecule has 0 amide bonds. The fraction of sp³-hybridized carbons (Fsp3) is 0.286. The van der Waals surface area contributed by atoms with E-state index in [0.29, 0.717) is 24.3 Å². The molecule has 2 rings (SSSR count).